The molecule has 0 spiro atoms. The maximum absolute atomic E-state index is 11.1. The molecule has 3 nitrogen and oxygen atoms in total. The zero-order valence-corrected chi connectivity index (χ0v) is 8.55. The first-order chi connectivity index (χ1) is 5.74. The van der Waals surface area contributed by atoms with Gasteiger partial charge in [-0.2, -0.15) is 0 Å². The summed E-state index contributed by atoms with van der Waals surface area (Å²) in [5.74, 6) is -0.402. The van der Waals surface area contributed by atoms with Crippen molar-refractivity contribution in [1.82, 2.24) is 0 Å². The summed E-state index contributed by atoms with van der Waals surface area (Å²) < 4.78 is 6.36. The third-order valence-electron chi connectivity index (χ3n) is 1.36. The topological polar surface area (TPSA) is 30.2 Å². The van der Waals surface area contributed by atoms with Gasteiger partial charge in [-0.3, -0.25) is 0 Å². The van der Waals surface area contributed by atoms with Gasteiger partial charge in [0.25, 0.3) is 0 Å². The van der Waals surface area contributed by atoms with E-state index in [1.165, 1.54) is 0 Å². The predicted molar refractivity (Wildman–Crippen MR) is 43.8 cm³/mol. The lowest BCUT2D eigenvalue weighted by molar-refractivity contribution is -0.671. The normalized spacial score (nSPS) is 8.77. The summed E-state index contributed by atoms with van der Waals surface area (Å²) in [6.07, 6.45) is 3.51. The Hall–Kier alpha value is -0.800. The summed E-state index contributed by atoms with van der Waals surface area (Å²) in [5, 5.41) is 0. The highest BCUT2D eigenvalue weighted by atomic mass is 35.5. The number of halogens is 2. The van der Waals surface area contributed by atoms with Gasteiger partial charge in [-0.1, -0.05) is 11.6 Å². The van der Waals surface area contributed by atoms with Crippen LogP contribution in [-0.2, 0) is 11.8 Å². The molecule has 1 aromatic heterocycles. The van der Waals surface area contributed by atoms with E-state index in [4.69, 9.17) is 11.6 Å². The van der Waals surface area contributed by atoms with Gasteiger partial charge in [0.15, 0.2) is 18.5 Å². The van der Waals surface area contributed by atoms with Crippen molar-refractivity contribution in [3.05, 3.63) is 30.1 Å². The number of ether oxygens (including phenoxy) is 1. The van der Waals surface area contributed by atoms with E-state index in [0.29, 0.717) is 5.56 Å². The van der Waals surface area contributed by atoms with Crippen molar-refractivity contribution in [3.8, 4) is 0 Å². The van der Waals surface area contributed by atoms with Gasteiger partial charge in [-0.25, -0.2) is 9.36 Å². The van der Waals surface area contributed by atoms with E-state index in [-0.39, 0.29) is 18.5 Å². The number of rotatable bonds is 2. The number of hydrogen-bond acceptors (Lipinski definition) is 2. The summed E-state index contributed by atoms with van der Waals surface area (Å²) >= 11 is 5.24. The van der Waals surface area contributed by atoms with Crippen LogP contribution < -0.4 is 17.0 Å². The van der Waals surface area contributed by atoms with Crippen LogP contribution in [0.3, 0.4) is 0 Å². The minimum Gasteiger partial charge on any atom is -1.00 e. The standard InChI is InChI=1S/C8H9ClNO2.ClH/c1-10-4-2-3-7(5-10)8(11)12-6-9;/h2-5H,6H2,1H3;1H/q+1;/p-1. The van der Waals surface area contributed by atoms with Crippen LogP contribution in [0.15, 0.2) is 24.5 Å². The minimum atomic E-state index is -0.402. The molecule has 0 aliphatic heterocycles. The van der Waals surface area contributed by atoms with Gasteiger partial charge < -0.3 is 17.1 Å². The van der Waals surface area contributed by atoms with Crippen LogP contribution in [0.5, 0.6) is 0 Å². The molecule has 1 aromatic rings. The fraction of sp³-hybridized carbons (Fsp3) is 0.250. The van der Waals surface area contributed by atoms with Crippen LogP contribution in [0.1, 0.15) is 10.4 Å². The zero-order valence-electron chi connectivity index (χ0n) is 7.04. The molecule has 0 atom stereocenters. The first-order valence-corrected chi connectivity index (χ1v) is 3.96. The average Bonchev–Trinajstić information content (AvgIpc) is 2.05. The van der Waals surface area contributed by atoms with Crippen LogP contribution in [0.4, 0.5) is 0 Å². The molecule has 0 saturated heterocycles. The van der Waals surface area contributed by atoms with Gasteiger partial charge in [-0.15, -0.1) is 0 Å². The fourth-order valence-electron chi connectivity index (χ4n) is 0.842. The zero-order chi connectivity index (χ0) is 8.97. The van der Waals surface area contributed by atoms with E-state index < -0.39 is 5.97 Å². The van der Waals surface area contributed by atoms with Crippen molar-refractivity contribution >= 4 is 17.6 Å². The number of pyridine rings is 1. The molecule has 72 valence electrons. The van der Waals surface area contributed by atoms with Crippen molar-refractivity contribution < 1.29 is 26.5 Å². The molecule has 0 amide bonds. The summed E-state index contributed by atoms with van der Waals surface area (Å²) in [6, 6.07) is 3.33. The molecular formula is C8H9Cl2NO2. The van der Waals surface area contributed by atoms with Crippen molar-refractivity contribution in [3.63, 3.8) is 0 Å². The average molecular weight is 222 g/mol. The van der Waals surface area contributed by atoms with E-state index in [9.17, 15) is 4.79 Å². The van der Waals surface area contributed by atoms with Gasteiger partial charge in [-0.05, 0) is 6.07 Å². The quantitative estimate of drug-likeness (QED) is 0.325. The van der Waals surface area contributed by atoms with Crippen LogP contribution in [0.25, 0.3) is 0 Å². The Balaban J connectivity index is 0.00000144. The molecule has 0 saturated carbocycles. The number of esters is 1. The Morgan fingerprint density at radius 3 is 2.92 bits per heavy atom. The van der Waals surface area contributed by atoms with E-state index >= 15 is 0 Å². The van der Waals surface area contributed by atoms with Crippen molar-refractivity contribution in [2.75, 3.05) is 6.07 Å². The maximum atomic E-state index is 11.1. The molecule has 1 heterocycles. The van der Waals surface area contributed by atoms with Crippen molar-refractivity contribution in [1.29, 1.82) is 0 Å². The number of aromatic nitrogens is 1. The molecule has 0 radical (unpaired) electrons. The first kappa shape index (κ1) is 12.2. The van der Waals surface area contributed by atoms with Gasteiger partial charge >= 0.3 is 5.97 Å². The second kappa shape index (κ2) is 5.78. The Bertz CT molecular complexity index is 291. The number of aryl methyl sites for hydroxylation is 1. The number of alkyl halides is 1. The Kier molecular flexibility index (Phi) is 5.42. The molecule has 0 N–H and O–H groups in total. The molecule has 1 rings (SSSR count). The smallest absolute Gasteiger partial charge is 0.345 e. The summed E-state index contributed by atoms with van der Waals surface area (Å²) in [5.41, 5.74) is 0.501. The van der Waals surface area contributed by atoms with E-state index in [2.05, 4.69) is 4.74 Å². The minimum absolute atomic E-state index is 0. The van der Waals surface area contributed by atoms with Crippen molar-refractivity contribution in [2.24, 2.45) is 7.05 Å². The van der Waals surface area contributed by atoms with E-state index in [0.717, 1.165) is 0 Å². The number of carbonyl (C=O) groups excluding carboxylic acids is 1. The number of nitrogens with zero attached hydrogens (tertiary/aromatic N) is 1. The Morgan fingerprint density at radius 1 is 1.69 bits per heavy atom. The summed E-state index contributed by atoms with van der Waals surface area (Å²) in [7, 11) is 1.83. The highest BCUT2D eigenvalue weighted by Gasteiger charge is 2.08. The Morgan fingerprint density at radius 2 is 2.38 bits per heavy atom. The lowest BCUT2D eigenvalue weighted by Gasteiger charge is -1.97. The fourth-order valence-corrected chi connectivity index (χ4v) is 0.941. The number of hydrogen-bond donors (Lipinski definition) is 0. The molecule has 5 heteroatoms. The highest BCUT2D eigenvalue weighted by molar-refractivity contribution is 6.17. The number of carbonyl (C=O) groups is 1. The lowest BCUT2D eigenvalue weighted by atomic mass is 10.3. The predicted octanol–water partition coefficient (Wildman–Crippen LogP) is -2.13. The first-order valence-electron chi connectivity index (χ1n) is 3.42. The highest BCUT2D eigenvalue weighted by Crippen LogP contribution is 1.97. The third kappa shape index (κ3) is 3.61. The molecule has 0 bridgehead atoms. The van der Waals surface area contributed by atoms with Crippen LogP contribution in [0.2, 0.25) is 0 Å². The summed E-state index contributed by atoms with van der Waals surface area (Å²) in [4.78, 5) is 11.1. The van der Waals surface area contributed by atoms with Gasteiger partial charge in [0.2, 0.25) is 0 Å². The summed E-state index contributed by atoms with van der Waals surface area (Å²) in [6.45, 7) is 0. The van der Waals surface area contributed by atoms with Gasteiger partial charge in [0.05, 0.1) is 0 Å². The molecule has 0 aliphatic rings. The monoisotopic (exact) mass is 221 g/mol. The maximum Gasteiger partial charge on any atom is 0.345 e. The van der Waals surface area contributed by atoms with Crippen LogP contribution in [0, 0.1) is 0 Å². The Labute approximate surface area is 87.7 Å². The second-order valence-corrected chi connectivity index (χ2v) is 2.52. The lowest BCUT2D eigenvalue weighted by Crippen LogP contribution is -3.00. The molecule has 13 heavy (non-hydrogen) atoms. The second-order valence-electron chi connectivity index (χ2n) is 2.30. The molecular weight excluding hydrogens is 213 g/mol. The molecule has 0 unspecified atom stereocenters. The van der Waals surface area contributed by atoms with E-state index in [1.54, 1.807) is 22.9 Å². The third-order valence-corrected chi connectivity index (χ3v) is 1.47. The van der Waals surface area contributed by atoms with Crippen LogP contribution in [-0.4, -0.2) is 12.0 Å². The van der Waals surface area contributed by atoms with Gasteiger partial charge in [0, 0.05) is 6.07 Å². The van der Waals surface area contributed by atoms with Crippen LogP contribution >= 0.6 is 11.6 Å². The van der Waals surface area contributed by atoms with E-state index in [1.807, 2.05) is 13.2 Å². The largest absolute Gasteiger partial charge is 1.00 e. The van der Waals surface area contributed by atoms with Crippen molar-refractivity contribution in [2.45, 2.75) is 0 Å². The molecule has 0 aromatic carbocycles. The molecule has 0 aliphatic carbocycles. The van der Waals surface area contributed by atoms with Gasteiger partial charge in [0.1, 0.15) is 12.6 Å². The molecule has 0 fully saturated rings. The SMILES string of the molecule is C[n+]1cccc(C(=O)OCCl)c1.[Cl-].